The molecule has 1 aromatic carbocycles. The van der Waals surface area contributed by atoms with Crippen molar-refractivity contribution in [3.05, 3.63) is 29.8 Å². The summed E-state index contributed by atoms with van der Waals surface area (Å²) in [6, 6.07) is 4.97. The van der Waals surface area contributed by atoms with Crippen LogP contribution in [0.3, 0.4) is 0 Å². The molecule has 2 atom stereocenters. The number of halogens is 2. The molecule has 1 aromatic rings. The van der Waals surface area contributed by atoms with E-state index in [2.05, 4.69) is 10.1 Å². The molecule has 2 N–H and O–H groups in total. The number of hydrogen-bond donors (Lipinski definition) is 2. The molecule has 0 radical (unpaired) electrons. The second kappa shape index (κ2) is 6.51. The molecule has 1 aliphatic carbocycles. The summed E-state index contributed by atoms with van der Waals surface area (Å²) in [4.78, 5) is 23.1. The second-order valence-corrected chi connectivity index (χ2v) is 4.86. The number of benzene rings is 1. The smallest absolute Gasteiger partial charge is 0.387 e. The van der Waals surface area contributed by atoms with Crippen molar-refractivity contribution in [2.75, 3.05) is 0 Å². The van der Waals surface area contributed by atoms with Gasteiger partial charge in [-0.15, -0.1) is 0 Å². The van der Waals surface area contributed by atoms with Crippen LogP contribution in [0.5, 0.6) is 5.75 Å². The first kappa shape index (κ1) is 15.2. The van der Waals surface area contributed by atoms with Crippen LogP contribution in [-0.2, 0) is 4.79 Å². The summed E-state index contributed by atoms with van der Waals surface area (Å²) in [5.41, 5.74) is 0.157. The van der Waals surface area contributed by atoms with Gasteiger partial charge in [-0.05, 0) is 31.0 Å². The molecule has 2 unspecified atom stereocenters. The monoisotopic (exact) mass is 299 g/mol. The molecule has 7 heteroatoms. The van der Waals surface area contributed by atoms with Crippen LogP contribution in [0.15, 0.2) is 24.3 Å². The van der Waals surface area contributed by atoms with Gasteiger partial charge in [0.25, 0.3) is 5.91 Å². The van der Waals surface area contributed by atoms with Gasteiger partial charge in [0.2, 0.25) is 0 Å². The lowest BCUT2D eigenvalue weighted by molar-refractivity contribution is -0.142. The molecule has 1 amide bonds. The van der Waals surface area contributed by atoms with Crippen LogP contribution in [0.25, 0.3) is 0 Å². The van der Waals surface area contributed by atoms with Crippen LogP contribution in [0.1, 0.15) is 29.6 Å². The summed E-state index contributed by atoms with van der Waals surface area (Å²) in [5, 5.41) is 11.7. The van der Waals surface area contributed by atoms with Gasteiger partial charge in [-0.1, -0.05) is 12.5 Å². The first-order chi connectivity index (χ1) is 9.97. The number of alkyl halides is 2. The molecule has 1 aliphatic rings. The van der Waals surface area contributed by atoms with Crippen LogP contribution >= 0.6 is 0 Å². The highest BCUT2D eigenvalue weighted by Crippen LogP contribution is 2.26. The Labute approximate surface area is 119 Å². The molecule has 5 nitrogen and oxygen atoms in total. The van der Waals surface area contributed by atoms with E-state index in [0.29, 0.717) is 12.8 Å². The van der Waals surface area contributed by atoms with E-state index in [1.807, 2.05) is 0 Å². The van der Waals surface area contributed by atoms with Crippen LogP contribution in [0.4, 0.5) is 8.78 Å². The number of amides is 1. The van der Waals surface area contributed by atoms with Gasteiger partial charge in [0, 0.05) is 11.6 Å². The van der Waals surface area contributed by atoms with E-state index < -0.39 is 30.4 Å². The predicted molar refractivity (Wildman–Crippen MR) is 69.3 cm³/mol. The molecule has 0 aliphatic heterocycles. The van der Waals surface area contributed by atoms with Gasteiger partial charge in [-0.2, -0.15) is 8.78 Å². The Morgan fingerprint density at radius 2 is 2.10 bits per heavy atom. The molecule has 114 valence electrons. The molecule has 2 rings (SSSR count). The van der Waals surface area contributed by atoms with Gasteiger partial charge in [0.05, 0.1) is 5.92 Å². The minimum absolute atomic E-state index is 0.112. The molecule has 0 spiro atoms. The number of nitrogens with one attached hydrogen (secondary N) is 1. The number of carbonyl (C=O) groups is 2. The highest BCUT2D eigenvalue weighted by Gasteiger charge is 2.34. The lowest BCUT2D eigenvalue weighted by Crippen LogP contribution is -2.40. The molecule has 1 fully saturated rings. The summed E-state index contributed by atoms with van der Waals surface area (Å²) in [6.45, 7) is -2.96. The van der Waals surface area contributed by atoms with Crippen molar-refractivity contribution in [3.8, 4) is 5.75 Å². The van der Waals surface area contributed by atoms with E-state index in [1.54, 1.807) is 0 Å². The Morgan fingerprint density at radius 1 is 1.33 bits per heavy atom. The maximum Gasteiger partial charge on any atom is 0.387 e. The summed E-state index contributed by atoms with van der Waals surface area (Å²) in [5.74, 6) is -2.14. The maximum atomic E-state index is 12.1. The highest BCUT2D eigenvalue weighted by molar-refractivity contribution is 5.95. The fraction of sp³-hybridized carbons (Fsp3) is 0.429. The quantitative estimate of drug-likeness (QED) is 0.874. The van der Waals surface area contributed by atoms with Gasteiger partial charge in [0.1, 0.15) is 5.75 Å². The van der Waals surface area contributed by atoms with E-state index in [-0.39, 0.29) is 11.3 Å². The fourth-order valence-electron chi connectivity index (χ4n) is 2.49. The molecule has 0 aromatic heterocycles. The largest absolute Gasteiger partial charge is 0.481 e. The van der Waals surface area contributed by atoms with Gasteiger partial charge >= 0.3 is 12.6 Å². The molecular weight excluding hydrogens is 284 g/mol. The molecule has 21 heavy (non-hydrogen) atoms. The van der Waals surface area contributed by atoms with Crippen molar-refractivity contribution in [3.63, 3.8) is 0 Å². The third-order valence-electron chi connectivity index (χ3n) is 3.47. The zero-order chi connectivity index (χ0) is 15.4. The first-order valence-corrected chi connectivity index (χ1v) is 6.56. The lowest BCUT2D eigenvalue weighted by Gasteiger charge is -2.17. The van der Waals surface area contributed by atoms with E-state index in [0.717, 1.165) is 6.42 Å². The fourth-order valence-corrected chi connectivity index (χ4v) is 2.49. The number of rotatable bonds is 5. The third-order valence-corrected chi connectivity index (χ3v) is 3.47. The number of ether oxygens (including phenoxy) is 1. The van der Waals surface area contributed by atoms with Crippen molar-refractivity contribution in [2.24, 2.45) is 5.92 Å². The van der Waals surface area contributed by atoms with E-state index in [9.17, 15) is 18.4 Å². The second-order valence-electron chi connectivity index (χ2n) is 4.86. The Kier molecular flexibility index (Phi) is 4.72. The van der Waals surface area contributed by atoms with Crippen LogP contribution in [0, 0.1) is 5.92 Å². The molecule has 1 saturated carbocycles. The minimum atomic E-state index is -2.96. The van der Waals surface area contributed by atoms with Crippen molar-refractivity contribution < 1.29 is 28.2 Å². The van der Waals surface area contributed by atoms with Crippen LogP contribution < -0.4 is 10.1 Å². The molecule has 0 bridgehead atoms. The Bertz CT molecular complexity index is 535. The predicted octanol–water partition coefficient (Wildman–Crippen LogP) is 2.27. The van der Waals surface area contributed by atoms with Gasteiger partial charge in [0.15, 0.2) is 0 Å². The molecule has 0 heterocycles. The topological polar surface area (TPSA) is 75.6 Å². The molecular formula is C14H15F2NO4. The first-order valence-electron chi connectivity index (χ1n) is 6.56. The minimum Gasteiger partial charge on any atom is -0.481 e. The normalized spacial score (nSPS) is 21.3. The van der Waals surface area contributed by atoms with Gasteiger partial charge < -0.3 is 15.2 Å². The summed E-state index contributed by atoms with van der Waals surface area (Å²) in [6.07, 6.45) is 1.85. The van der Waals surface area contributed by atoms with Crippen LogP contribution in [-0.4, -0.2) is 29.6 Å². The zero-order valence-corrected chi connectivity index (χ0v) is 11.1. The number of hydrogen-bond acceptors (Lipinski definition) is 3. The van der Waals surface area contributed by atoms with Crippen molar-refractivity contribution in [1.82, 2.24) is 5.32 Å². The lowest BCUT2D eigenvalue weighted by atomic mass is 10.0. The van der Waals surface area contributed by atoms with Crippen LogP contribution in [0.2, 0.25) is 0 Å². The van der Waals surface area contributed by atoms with Crippen molar-refractivity contribution in [2.45, 2.75) is 31.9 Å². The van der Waals surface area contributed by atoms with Crippen molar-refractivity contribution >= 4 is 11.9 Å². The van der Waals surface area contributed by atoms with E-state index >= 15 is 0 Å². The number of carboxylic acid groups (broad SMARTS) is 1. The maximum absolute atomic E-state index is 12.1. The Balaban J connectivity index is 2.04. The van der Waals surface area contributed by atoms with Crippen molar-refractivity contribution in [1.29, 1.82) is 0 Å². The average molecular weight is 299 g/mol. The van der Waals surface area contributed by atoms with Gasteiger partial charge in [-0.3, -0.25) is 9.59 Å². The van der Waals surface area contributed by atoms with Gasteiger partial charge in [-0.25, -0.2) is 0 Å². The molecule has 0 saturated heterocycles. The van der Waals surface area contributed by atoms with E-state index in [1.165, 1.54) is 24.3 Å². The summed E-state index contributed by atoms with van der Waals surface area (Å²) >= 11 is 0. The Hall–Kier alpha value is -2.18. The standard InChI is InChI=1S/C14H15F2NO4/c15-14(16)21-9-4-1-3-8(7-9)12(18)17-11-6-2-5-10(11)13(19)20/h1,3-4,7,10-11,14H,2,5-6H2,(H,17,18)(H,19,20). The number of carboxylic acids is 1. The van der Waals surface area contributed by atoms with E-state index in [4.69, 9.17) is 5.11 Å². The zero-order valence-electron chi connectivity index (χ0n) is 11.1. The number of carbonyl (C=O) groups excluding carboxylic acids is 1. The SMILES string of the molecule is O=C(NC1CCCC1C(=O)O)c1cccc(OC(F)F)c1. The average Bonchev–Trinajstić information content (AvgIpc) is 2.86. The summed E-state index contributed by atoms with van der Waals surface area (Å²) in [7, 11) is 0. The Morgan fingerprint density at radius 3 is 2.76 bits per heavy atom. The highest BCUT2D eigenvalue weighted by atomic mass is 19.3. The third kappa shape index (κ3) is 3.90. The summed E-state index contributed by atoms with van der Waals surface area (Å²) < 4.78 is 28.5. The number of aliphatic carboxylic acids is 1.